The molecule has 0 atom stereocenters. The summed E-state index contributed by atoms with van der Waals surface area (Å²) in [4.78, 5) is 4.42. The Morgan fingerprint density at radius 1 is 1.00 bits per heavy atom. The average Bonchev–Trinajstić information content (AvgIpc) is 2.88. The average molecular weight is 285 g/mol. The van der Waals surface area contributed by atoms with E-state index in [4.69, 9.17) is 16.1 Å². The van der Waals surface area contributed by atoms with E-state index in [1.54, 1.807) is 0 Å². The number of aryl methyl sites for hydroxylation is 2. The van der Waals surface area contributed by atoms with Gasteiger partial charge in [0.25, 0.3) is 5.89 Å². The van der Waals surface area contributed by atoms with Crippen molar-refractivity contribution in [3.05, 3.63) is 58.6 Å². The van der Waals surface area contributed by atoms with Gasteiger partial charge in [-0.1, -0.05) is 46.6 Å². The molecule has 0 aliphatic rings. The van der Waals surface area contributed by atoms with E-state index in [-0.39, 0.29) is 0 Å². The number of hydrogen-bond donors (Lipinski definition) is 0. The molecule has 3 nitrogen and oxygen atoms in total. The Hall–Kier alpha value is -2.13. The molecule has 0 saturated heterocycles. The SMILES string of the molecule is Cc1cccc(-c2noc(-c3ccc(C)cc3Cl)n2)c1. The predicted octanol–water partition coefficient (Wildman–Crippen LogP) is 4.67. The van der Waals surface area contributed by atoms with Gasteiger partial charge in [0.05, 0.1) is 10.6 Å². The number of nitrogens with zero attached hydrogens (tertiary/aromatic N) is 2. The molecule has 1 heterocycles. The molecule has 0 spiro atoms. The minimum atomic E-state index is 0.437. The molecule has 100 valence electrons. The Labute approximate surface area is 122 Å². The van der Waals surface area contributed by atoms with Crippen molar-refractivity contribution in [3.63, 3.8) is 0 Å². The first-order chi connectivity index (χ1) is 9.63. The highest BCUT2D eigenvalue weighted by atomic mass is 35.5. The van der Waals surface area contributed by atoms with Gasteiger partial charge >= 0.3 is 0 Å². The number of aromatic nitrogens is 2. The van der Waals surface area contributed by atoms with Crippen LogP contribution >= 0.6 is 11.6 Å². The smallest absolute Gasteiger partial charge is 0.259 e. The second kappa shape index (κ2) is 5.10. The van der Waals surface area contributed by atoms with Crippen molar-refractivity contribution in [2.75, 3.05) is 0 Å². The zero-order valence-corrected chi connectivity index (χ0v) is 12.0. The molecular formula is C16H13ClN2O. The van der Waals surface area contributed by atoms with Crippen molar-refractivity contribution in [1.82, 2.24) is 10.1 Å². The van der Waals surface area contributed by atoms with Gasteiger partial charge in [-0.05, 0) is 37.6 Å². The maximum atomic E-state index is 6.22. The fourth-order valence-corrected chi connectivity index (χ4v) is 2.34. The summed E-state index contributed by atoms with van der Waals surface area (Å²) < 4.78 is 5.32. The van der Waals surface area contributed by atoms with E-state index in [0.29, 0.717) is 16.7 Å². The largest absolute Gasteiger partial charge is 0.334 e. The summed E-state index contributed by atoms with van der Waals surface area (Å²) >= 11 is 6.22. The van der Waals surface area contributed by atoms with Gasteiger partial charge in [-0.25, -0.2) is 0 Å². The zero-order chi connectivity index (χ0) is 14.1. The summed E-state index contributed by atoms with van der Waals surface area (Å²) in [6, 6.07) is 13.7. The quantitative estimate of drug-likeness (QED) is 0.686. The van der Waals surface area contributed by atoms with E-state index in [1.807, 2.05) is 56.3 Å². The summed E-state index contributed by atoms with van der Waals surface area (Å²) in [6.45, 7) is 4.02. The highest BCUT2D eigenvalue weighted by Crippen LogP contribution is 2.29. The normalized spacial score (nSPS) is 10.8. The standard InChI is InChI=1S/C16H13ClN2O/c1-10-4-3-5-12(8-10)15-18-16(20-19-15)13-7-6-11(2)9-14(13)17/h3-9H,1-2H3. The second-order valence-electron chi connectivity index (χ2n) is 4.78. The van der Waals surface area contributed by atoms with Gasteiger partial charge in [0.15, 0.2) is 0 Å². The van der Waals surface area contributed by atoms with Crippen LogP contribution in [0.4, 0.5) is 0 Å². The fourth-order valence-electron chi connectivity index (χ4n) is 2.03. The Morgan fingerprint density at radius 2 is 1.80 bits per heavy atom. The lowest BCUT2D eigenvalue weighted by Crippen LogP contribution is -1.83. The van der Waals surface area contributed by atoms with Crippen LogP contribution in [0.1, 0.15) is 11.1 Å². The van der Waals surface area contributed by atoms with Crippen LogP contribution in [0.2, 0.25) is 5.02 Å². The molecule has 0 bridgehead atoms. The highest BCUT2D eigenvalue weighted by Gasteiger charge is 2.13. The van der Waals surface area contributed by atoms with Crippen LogP contribution in [0.15, 0.2) is 47.0 Å². The first-order valence-corrected chi connectivity index (χ1v) is 6.68. The Balaban J connectivity index is 2.02. The molecular weight excluding hydrogens is 272 g/mol. The summed E-state index contributed by atoms with van der Waals surface area (Å²) in [6.07, 6.45) is 0. The van der Waals surface area contributed by atoms with E-state index in [1.165, 1.54) is 0 Å². The molecule has 4 heteroatoms. The van der Waals surface area contributed by atoms with Crippen LogP contribution < -0.4 is 0 Å². The molecule has 0 radical (unpaired) electrons. The van der Waals surface area contributed by atoms with Crippen molar-refractivity contribution in [2.45, 2.75) is 13.8 Å². The Kier molecular flexibility index (Phi) is 3.28. The van der Waals surface area contributed by atoms with Crippen LogP contribution in [0, 0.1) is 13.8 Å². The van der Waals surface area contributed by atoms with E-state index in [0.717, 1.165) is 22.3 Å². The lowest BCUT2D eigenvalue weighted by Gasteiger charge is -1.99. The fraction of sp³-hybridized carbons (Fsp3) is 0.125. The first-order valence-electron chi connectivity index (χ1n) is 6.31. The molecule has 3 aromatic rings. The molecule has 0 aliphatic carbocycles. The van der Waals surface area contributed by atoms with Crippen molar-refractivity contribution in [3.8, 4) is 22.8 Å². The molecule has 0 saturated carbocycles. The molecule has 20 heavy (non-hydrogen) atoms. The van der Waals surface area contributed by atoms with Gasteiger partial charge in [0.1, 0.15) is 0 Å². The van der Waals surface area contributed by atoms with Crippen LogP contribution in [0.3, 0.4) is 0 Å². The summed E-state index contributed by atoms with van der Waals surface area (Å²) in [5.41, 5.74) is 3.94. The van der Waals surface area contributed by atoms with Crippen molar-refractivity contribution >= 4 is 11.6 Å². The lowest BCUT2D eigenvalue weighted by molar-refractivity contribution is 0.432. The molecule has 0 amide bonds. The number of benzene rings is 2. The monoisotopic (exact) mass is 284 g/mol. The number of hydrogen-bond acceptors (Lipinski definition) is 3. The van der Waals surface area contributed by atoms with Gasteiger partial charge < -0.3 is 4.52 Å². The third-order valence-corrected chi connectivity index (χ3v) is 3.37. The topological polar surface area (TPSA) is 38.9 Å². The summed E-state index contributed by atoms with van der Waals surface area (Å²) in [7, 11) is 0. The molecule has 2 aromatic carbocycles. The van der Waals surface area contributed by atoms with Gasteiger partial charge in [-0.2, -0.15) is 4.98 Å². The van der Waals surface area contributed by atoms with Crippen molar-refractivity contribution < 1.29 is 4.52 Å². The number of rotatable bonds is 2. The first kappa shape index (κ1) is 12.9. The van der Waals surface area contributed by atoms with Crippen LogP contribution in [0.25, 0.3) is 22.8 Å². The maximum absolute atomic E-state index is 6.22. The molecule has 3 rings (SSSR count). The van der Waals surface area contributed by atoms with Gasteiger partial charge in [-0.3, -0.25) is 0 Å². The Bertz CT molecular complexity index is 765. The highest BCUT2D eigenvalue weighted by molar-refractivity contribution is 6.33. The maximum Gasteiger partial charge on any atom is 0.259 e. The van der Waals surface area contributed by atoms with Crippen LogP contribution in [-0.4, -0.2) is 10.1 Å². The van der Waals surface area contributed by atoms with E-state index >= 15 is 0 Å². The third-order valence-electron chi connectivity index (χ3n) is 3.06. The van der Waals surface area contributed by atoms with Crippen molar-refractivity contribution in [2.24, 2.45) is 0 Å². The van der Waals surface area contributed by atoms with E-state index < -0.39 is 0 Å². The lowest BCUT2D eigenvalue weighted by atomic mass is 10.1. The predicted molar refractivity (Wildman–Crippen MR) is 79.7 cm³/mol. The van der Waals surface area contributed by atoms with Crippen molar-refractivity contribution in [1.29, 1.82) is 0 Å². The molecule has 0 N–H and O–H groups in total. The minimum absolute atomic E-state index is 0.437. The van der Waals surface area contributed by atoms with Gasteiger partial charge in [0.2, 0.25) is 5.82 Å². The summed E-state index contributed by atoms with van der Waals surface area (Å²) in [5, 5.41) is 4.64. The van der Waals surface area contributed by atoms with Gasteiger partial charge in [0, 0.05) is 5.56 Å². The summed E-state index contributed by atoms with van der Waals surface area (Å²) in [5.74, 6) is 1.01. The molecule has 0 aliphatic heterocycles. The number of halogens is 1. The minimum Gasteiger partial charge on any atom is -0.334 e. The molecule has 0 fully saturated rings. The van der Waals surface area contributed by atoms with Crippen LogP contribution in [-0.2, 0) is 0 Å². The second-order valence-corrected chi connectivity index (χ2v) is 5.18. The molecule has 1 aromatic heterocycles. The Morgan fingerprint density at radius 3 is 2.55 bits per heavy atom. The van der Waals surface area contributed by atoms with Gasteiger partial charge in [-0.15, -0.1) is 0 Å². The van der Waals surface area contributed by atoms with E-state index in [9.17, 15) is 0 Å². The van der Waals surface area contributed by atoms with E-state index in [2.05, 4.69) is 10.1 Å². The third kappa shape index (κ3) is 2.45. The molecule has 0 unspecified atom stereocenters. The zero-order valence-electron chi connectivity index (χ0n) is 11.2. The van der Waals surface area contributed by atoms with Crippen LogP contribution in [0.5, 0.6) is 0 Å².